The van der Waals surface area contributed by atoms with Crippen LogP contribution in [0.25, 0.3) is 21.2 Å². The second kappa shape index (κ2) is 9.96. The number of anilines is 1. The number of nitrogens with two attached hydrogens (primary N) is 1. The highest BCUT2D eigenvalue weighted by molar-refractivity contribution is 7.19. The summed E-state index contributed by atoms with van der Waals surface area (Å²) in [6.07, 6.45) is -2.62. The first kappa shape index (κ1) is 24.6. The molecule has 2 aromatic carbocycles. The van der Waals surface area contributed by atoms with Gasteiger partial charge in [-0.15, -0.1) is 0 Å². The summed E-state index contributed by atoms with van der Waals surface area (Å²) in [5.41, 5.74) is 6.86. The Bertz CT molecular complexity index is 1360. The Hall–Kier alpha value is -3.57. The van der Waals surface area contributed by atoms with Crippen LogP contribution in [0.5, 0.6) is 0 Å². The SMILES string of the molecule is COC(=O)c1nc(NCC(N)Cc2ccc(C(F)(F)F)cc2)sc1-c1ccc2cnc(F)cc2c1. The van der Waals surface area contributed by atoms with Crippen LogP contribution >= 0.6 is 11.3 Å². The zero-order valence-corrected chi connectivity index (χ0v) is 19.2. The third-order valence-corrected chi connectivity index (χ3v) is 6.31. The van der Waals surface area contributed by atoms with Gasteiger partial charge in [0.1, 0.15) is 0 Å². The molecule has 6 nitrogen and oxygen atoms in total. The number of fused-ring (bicyclic) bond motifs is 1. The molecule has 0 fully saturated rings. The minimum atomic E-state index is -4.39. The van der Waals surface area contributed by atoms with Crippen LogP contribution in [-0.4, -0.2) is 35.6 Å². The summed E-state index contributed by atoms with van der Waals surface area (Å²) in [6, 6.07) is 11.0. The fourth-order valence-electron chi connectivity index (χ4n) is 3.50. The van der Waals surface area contributed by atoms with Gasteiger partial charge in [0, 0.05) is 30.2 Å². The van der Waals surface area contributed by atoms with Crippen LogP contribution in [0, 0.1) is 5.95 Å². The number of benzene rings is 2. The van der Waals surface area contributed by atoms with Gasteiger partial charge >= 0.3 is 12.1 Å². The standard InChI is InChI=1S/C24H20F4N4O2S/c1-34-22(33)20-21(14-4-5-15-11-30-19(25)10-16(15)9-14)35-23(32-20)31-12-18(29)8-13-2-6-17(7-3-13)24(26,27)28/h2-7,9-11,18H,8,12,29H2,1H3,(H,31,32). The second-order valence-corrected chi connectivity index (χ2v) is 8.80. The quantitative estimate of drug-likeness (QED) is 0.202. The summed E-state index contributed by atoms with van der Waals surface area (Å²) in [5.74, 6) is -1.24. The molecule has 4 aromatic rings. The van der Waals surface area contributed by atoms with Crippen molar-refractivity contribution in [2.45, 2.75) is 18.6 Å². The maximum absolute atomic E-state index is 13.6. The Kier molecular flexibility index (Phi) is 6.99. The molecule has 0 saturated heterocycles. The van der Waals surface area contributed by atoms with E-state index in [1.54, 1.807) is 18.2 Å². The number of hydrogen-bond donors (Lipinski definition) is 2. The first-order chi connectivity index (χ1) is 16.6. The summed E-state index contributed by atoms with van der Waals surface area (Å²) < 4.78 is 56.6. The van der Waals surface area contributed by atoms with Gasteiger partial charge in [0.2, 0.25) is 5.95 Å². The Balaban J connectivity index is 1.50. The molecule has 3 N–H and O–H groups in total. The maximum atomic E-state index is 13.6. The summed E-state index contributed by atoms with van der Waals surface area (Å²) in [6.45, 7) is 0.267. The molecule has 182 valence electrons. The molecule has 4 rings (SSSR count). The van der Waals surface area contributed by atoms with Gasteiger partial charge < -0.3 is 15.8 Å². The number of rotatable bonds is 7. The van der Waals surface area contributed by atoms with Crippen LogP contribution in [0.1, 0.15) is 21.6 Å². The lowest BCUT2D eigenvalue weighted by Crippen LogP contribution is -2.31. The van der Waals surface area contributed by atoms with E-state index in [0.717, 1.165) is 17.5 Å². The highest BCUT2D eigenvalue weighted by atomic mass is 32.1. The van der Waals surface area contributed by atoms with Gasteiger partial charge in [-0.25, -0.2) is 14.8 Å². The van der Waals surface area contributed by atoms with Gasteiger partial charge in [0.15, 0.2) is 10.8 Å². The summed E-state index contributed by atoms with van der Waals surface area (Å²) in [4.78, 5) is 20.8. The van der Waals surface area contributed by atoms with Crippen molar-refractivity contribution in [1.82, 2.24) is 9.97 Å². The minimum Gasteiger partial charge on any atom is -0.464 e. The predicted octanol–water partition coefficient (Wildman–Crippen LogP) is 5.28. The number of alkyl halides is 3. The van der Waals surface area contributed by atoms with Gasteiger partial charge in [-0.3, -0.25) is 0 Å². The number of halogens is 4. The average molecular weight is 505 g/mol. The minimum absolute atomic E-state index is 0.102. The summed E-state index contributed by atoms with van der Waals surface area (Å²) in [7, 11) is 1.25. The third kappa shape index (κ3) is 5.75. The van der Waals surface area contributed by atoms with E-state index in [0.29, 0.717) is 32.9 Å². The van der Waals surface area contributed by atoms with Crippen molar-refractivity contribution in [3.05, 3.63) is 77.5 Å². The molecule has 35 heavy (non-hydrogen) atoms. The monoisotopic (exact) mass is 504 g/mol. The number of methoxy groups -OCH3 is 1. The van der Waals surface area contributed by atoms with Crippen LogP contribution in [-0.2, 0) is 17.3 Å². The fraction of sp³-hybridized carbons (Fsp3) is 0.208. The number of nitrogens with one attached hydrogen (secondary N) is 1. The van der Waals surface area contributed by atoms with E-state index in [2.05, 4.69) is 15.3 Å². The van der Waals surface area contributed by atoms with E-state index in [1.807, 2.05) is 0 Å². The molecular weight excluding hydrogens is 484 g/mol. The van der Waals surface area contributed by atoms with Crippen LogP contribution < -0.4 is 11.1 Å². The first-order valence-electron chi connectivity index (χ1n) is 10.4. The largest absolute Gasteiger partial charge is 0.464 e. The Morgan fingerprint density at radius 3 is 2.57 bits per heavy atom. The van der Waals surface area contributed by atoms with E-state index >= 15 is 0 Å². The van der Waals surface area contributed by atoms with Crippen LogP contribution in [0.2, 0.25) is 0 Å². The molecule has 1 unspecified atom stereocenters. The molecule has 0 amide bonds. The van der Waals surface area contributed by atoms with Gasteiger partial charge in [-0.2, -0.15) is 17.6 Å². The maximum Gasteiger partial charge on any atom is 0.416 e. The van der Waals surface area contributed by atoms with Gasteiger partial charge in [0.25, 0.3) is 0 Å². The number of carbonyl (C=O) groups is 1. The molecule has 0 aliphatic carbocycles. The molecule has 0 saturated carbocycles. The van der Waals surface area contributed by atoms with Crippen molar-refractivity contribution < 1.29 is 27.1 Å². The van der Waals surface area contributed by atoms with Gasteiger partial charge in [-0.05, 0) is 41.1 Å². The topological polar surface area (TPSA) is 90.1 Å². The summed E-state index contributed by atoms with van der Waals surface area (Å²) in [5, 5.41) is 4.86. The molecule has 0 bridgehead atoms. The third-order valence-electron chi connectivity index (χ3n) is 5.25. The second-order valence-electron chi connectivity index (χ2n) is 7.80. The van der Waals surface area contributed by atoms with Crippen LogP contribution in [0.4, 0.5) is 22.7 Å². The van der Waals surface area contributed by atoms with Crippen molar-refractivity contribution in [2.75, 3.05) is 19.0 Å². The Morgan fingerprint density at radius 1 is 1.14 bits per heavy atom. The van der Waals surface area contributed by atoms with Gasteiger partial charge in [0.05, 0.1) is 17.6 Å². The van der Waals surface area contributed by atoms with Crippen molar-refractivity contribution in [3.63, 3.8) is 0 Å². The van der Waals surface area contributed by atoms with Crippen LogP contribution in [0.3, 0.4) is 0 Å². The molecule has 0 radical (unpaired) electrons. The number of esters is 1. The van der Waals surface area contributed by atoms with E-state index in [-0.39, 0.29) is 12.2 Å². The van der Waals surface area contributed by atoms with Gasteiger partial charge in [-0.1, -0.05) is 35.6 Å². The number of carbonyl (C=O) groups excluding carboxylic acids is 1. The fourth-order valence-corrected chi connectivity index (χ4v) is 4.46. The van der Waals surface area contributed by atoms with E-state index < -0.39 is 29.7 Å². The number of ether oxygens (including phenoxy) is 1. The molecule has 11 heteroatoms. The first-order valence-corrected chi connectivity index (χ1v) is 11.3. The number of thiazole rings is 1. The normalized spacial score (nSPS) is 12.5. The van der Waals surface area contributed by atoms with Crippen molar-refractivity contribution in [1.29, 1.82) is 0 Å². The van der Waals surface area contributed by atoms with E-state index in [4.69, 9.17) is 10.5 Å². The predicted molar refractivity (Wildman–Crippen MR) is 126 cm³/mol. The zero-order valence-electron chi connectivity index (χ0n) is 18.4. The molecular formula is C24H20F4N4O2S. The van der Waals surface area contributed by atoms with Crippen molar-refractivity contribution >= 4 is 33.2 Å². The number of nitrogens with zero attached hydrogens (tertiary/aromatic N) is 2. The van der Waals surface area contributed by atoms with Crippen molar-refractivity contribution in [3.8, 4) is 10.4 Å². The highest BCUT2D eigenvalue weighted by Gasteiger charge is 2.30. The Labute approximate surface area is 201 Å². The molecule has 2 heterocycles. The Morgan fingerprint density at radius 2 is 1.89 bits per heavy atom. The average Bonchev–Trinajstić information content (AvgIpc) is 3.26. The van der Waals surface area contributed by atoms with Crippen molar-refractivity contribution in [2.24, 2.45) is 5.73 Å². The molecule has 2 aromatic heterocycles. The van der Waals surface area contributed by atoms with E-state index in [1.165, 1.54) is 42.8 Å². The lowest BCUT2D eigenvalue weighted by atomic mass is 10.0. The molecule has 0 aliphatic heterocycles. The number of hydrogen-bond acceptors (Lipinski definition) is 7. The molecule has 0 aliphatic rings. The lowest BCUT2D eigenvalue weighted by Gasteiger charge is -2.13. The lowest BCUT2D eigenvalue weighted by molar-refractivity contribution is -0.137. The zero-order chi connectivity index (χ0) is 25.2. The number of pyridine rings is 1. The highest BCUT2D eigenvalue weighted by Crippen LogP contribution is 2.35. The number of aromatic nitrogens is 2. The smallest absolute Gasteiger partial charge is 0.416 e. The summed E-state index contributed by atoms with van der Waals surface area (Å²) >= 11 is 1.21. The molecule has 1 atom stereocenters. The van der Waals surface area contributed by atoms with E-state index in [9.17, 15) is 22.4 Å². The van der Waals surface area contributed by atoms with Crippen LogP contribution in [0.15, 0.2) is 54.7 Å². The molecule has 0 spiro atoms.